The summed E-state index contributed by atoms with van der Waals surface area (Å²) < 4.78 is 27.6. The fourth-order valence-corrected chi connectivity index (χ4v) is 5.54. The number of nitrogens with zero attached hydrogens (tertiary/aromatic N) is 2. The van der Waals surface area contributed by atoms with Crippen LogP contribution in [0.25, 0.3) is 10.8 Å². The second kappa shape index (κ2) is 7.76. The van der Waals surface area contributed by atoms with E-state index in [-0.39, 0.29) is 17.9 Å². The first-order valence-corrected chi connectivity index (χ1v) is 11.8. The van der Waals surface area contributed by atoms with E-state index >= 15 is 0 Å². The molecule has 1 heterocycles. The van der Waals surface area contributed by atoms with E-state index in [1.165, 1.54) is 24.9 Å². The standard InChI is InChI=1S/C22H27ClN2O5S/c1-21(2,3)22(4,20(27)28)25-11-10-18(19(25)26)24(5)31(29,30)17-9-7-14-12-16(23)8-6-15(14)13-17/h6-9,12-13,18H,10-11H2,1-5H3,(H,27,28)/t18-,22-/m1/s1. The van der Waals surface area contributed by atoms with Crippen molar-refractivity contribution in [3.63, 3.8) is 0 Å². The lowest BCUT2D eigenvalue weighted by atomic mass is 9.73. The number of benzene rings is 2. The van der Waals surface area contributed by atoms with Crippen molar-refractivity contribution in [3.8, 4) is 0 Å². The second-order valence-electron chi connectivity index (χ2n) is 9.10. The number of carbonyl (C=O) groups excluding carboxylic acids is 1. The maximum atomic E-state index is 13.3. The summed E-state index contributed by atoms with van der Waals surface area (Å²) in [5.74, 6) is -1.62. The van der Waals surface area contributed by atoms with Crippen molar-refractivity contribution < 1.29 is 23.1 Å². The summed E-state index contributed by atoms with van der Waals surface area (Å²) in [5.41, 5.74) is -2.22. The highest BCUT2D eigenvalue weighted by molar-refractivity contribution is 7.89. The van der Waals surface area contributed by atoms with Crippen molar-refractivity contribution >= 4 is 44.3 Å². The van der Waals surface area contributed by atoms with Gasteiger partial charge in [0.2, 0.25) is 15.9 Å². The van der Waals surface area contributed by atoms with Crippen LogP contribution in [0.15, 0.2) is 41.3 Å². The third-order valence-corrected chi connectivity index (χ3v) is 8.58. The lowest BCUT2D eigenvalue weighted by Gasteiger charge is -2.45. The van der Waals surface area contributed by atoms with Crippen LogP contribution in [-0.4, -0.2) is 59.8 Å². The Morgan fingerprint density at radius 1 is 1.13 bits per heavy atom. The van der Waals surface area contributed by atoms with E-state index < -0.39 is 38.9 Å². The molecule has 0 bridgehead atoms. The number of likely N-dealkylation sites (N-methyl/N-ethyl adjacent to an activating group) is 1. The molecule has 3 rings (SSSR count). The number of amides is 1. The number of hydrogen-bond acceptors (Lipinski definition) is 4. The van der Waals surface area contributed by atoms with Gasteiger partial charge in [0.25, 0.3) is 0 Å². The Bertz CT molecular complexity index is 1160. The molecule has 2 aromatic carbocycles. The predicted molar refractivity (Wildman–Crippen MR) is 120 cm³/mol. The summed E-state index contributed by atoms with van der Waals surface area (Å²) in [6, 6.07) is 8.90. The first kappa shape index (κ1) is 23.5. The van der Waals surface area contributed by atoms with E-state index in [1.54, 1.807) is 51.1 Å². The van der Waals surface area contributed by atoms with Crippen LogP contribution in [-0.2, 0) is 19.6 Å². The number of carboxylic acids is 1. The molecule has 0 unspecified atom stereocenters. The number of rotatable bonds is 5. The number of likely N-dealkylation sites (tertiary alicyclic amines) is 1. The minimum atomic E-state index is -3.98. The van der Waals surface area contributed by atoms with Crippen LogP contribution < -0.4 is 0 Å². The molecule has 1 saturated heterocycles. The topological polar surface area (TPSA) is 95.0 Å². The van der Waals surface area contributed by atoms with E-state index in [4.69, 9.17) is 11.6 Å². The SMILES string of the molecule is CN([C@@H]1CCN([C@](C)(C(=O)O)C(C)(C)C)C1=O)S(=O)(=O)c1ccc2cc(Cl)ccc2c1. The number of carbonyl (C=O) groups is 2. The van der Waals surface area contributed by atoms with E-state index in [0.29, 0.717) is 10.4 Å². The van der Waals surface area contributed by atoms with Crippen molar-refractivity contribution in [2.24, 2.45) is 5.41 Å². The predicted octanol–water partition coefficient (Wildman–Crippen LogP) is 3.60. The van der Waals surface area contributed by atoms with Gasteiger partial charge in [-0.3, -0.25) is 4.79 Å². The molecule has 1 aliphatic rings. The molecule has 9 heteroatoms. The van der Waals surface area contributed by atoms with Gasteiger partial charge in [-0.25, -0.2) is 13.2 Å². The van der Waals surface area contributed by atoms with E-state index in [1.807, 2.05) is 0 Å². The molecule has 1 amide bonds. The maximum Gasteiger partial charge on any atom is 0.329 e. The van der Waals surface area contributed by atoms with Crippen molar-refractivity contribution in [1.29, 1.82) is 0 Å². The molecule has 0 saturated carbocycles. The normalized spacial score (nSPS) is 19.8. The fraction of sp³-hybridized carbons (Fsp3) is 0.455. The third-order valence-electron chi connectivity index (χ3n) is 6.48. The summed E-state index contributed by atoms with van der Waals surface area (Å²) in [6.45, 7) is 6.94. The number of fused-ring (bicyclic) bond motifs is 1. The first-order valence-electron chi connectivity index (χ1n) is 9.93. The molecule has 168 valence electrons. The van der Waals surface area contributed by atoms with Gasteiger partial charge in [0.1, 0.15) is 11.6 Å². The quantitative estimate of drug-likeness (QED) is 0.726. The van der Waals surface area contributed by atoms with Gasteiger partial charge in [-0.1, -0.05) is 44.5 Å². The van der Waals surface area contributed by atoms with E-state index in [9.17, 15) is 23.1 Å². The lowest BCUT2D eigenvalue weighted by Crippen LogP contribution is -2.62. The molecular formula is C22H27ClN2O5S. The minimum Gasteiger partial charge on any atom is -0.479 e. The number of sulfonamides is 1. The minimum absolute atomic E-state index is 0.0629. The molecular weight excluding hydrogens is 440 g/mol. The Balaban J connectivity index is 1.94. The zero-order chi connectivity index (χ0) is 23.4. The van der Waals surface area contributed by atoms with Crippen molar-refractivity contribution in [3.05, 3.63) is 41.4 Å². The average molecular weight is 467 g/mol. The molecule has 1 fully saturated rings. The van der Waals surface area contributed by atoms with Gasteiger partial charge in [0, 0.05) is 18.6 Å². The van der Waals surface area contributed by atoms with Crippen LogP contribution in [0.2, 0.25) is 5.02 Å². The van der Waals surface area contributed by atoms with E-state index in [0.717, 1.165) is 9.69 Å². The summed E-state index contributed by atoms with van der Waals surface area (Å²) in [4.78, 5) is 26.7. The second-order valence-corrected chi connectivity index (χ2v) is 11.5. The zero-order valence-corrected chi connectivity index (χ0v) is 19.8. The molecule has 0 spiro atoms. The summed E-state index contributed by atoms with van der Waals surface area (Å²) in [7, 11) is -2.61. The number of halogens is 1. The number of carboxylic acid groups (broad SMARTS) is 1. The summed E-state index contributed by atoms with van der Waals surface area (Å²) >= 11 is 6.00. The molecule has 1 aliphatic heterocycles. The number of aliphatic carboxylic acids is 1. The number of hydrogen-bond donors (Lipinski definition) is 1. The van der Waals surface area contributed by atoms with Crippen LogP contribution in [0.5, 0.6) is 0 Å². The van der Waals surface area contributed by atoms with Gasteiger partial charge in [0.15, 0.2) is 0 Å². The van der Waals surface area contributed by atoms with Crippen LogP contribution in [0.4, 0.5) is 0 Å². The van der Waals surface area contributed by atoms with Gasteiger partial charge in [0.05, 0.1) is 4.90 Å². The van der Waals surface area contributed by atoms with Gasteiger partial charge < -0.3 is 10.0 Å². The molecule has 7 nitrogen and oxygen atoms in total. The largest absolute Gasteiger partial charge is 0.479 e. The lowest BCUT2D eigenvalue weighted by molar-refractivity contribution is -0.164. The zero-order valence-electron chi connectivity index (χ0n) is 18.2. The van der Waals surface area contributed by atoms with Gasteiger partial charge >= 0.3 is 5.97 Å². The van der Waals surface area contributed by atoms with Crippen LogP contribution >= 0.6 is 11.6 Å². The Morgan fingerprint density at radius 2 is 1.71 bits per heavy atom. The van der Waals surface area contributed by atoms with Gasteiger partial charge in [-0.05, 0) is 53.8 Å². The monoisotopic (exact) mass is 466 g/mol. The van der Waals surface area contributed by atoms with Crippen molar-refractivity contribution in [1.82, 2.24) is 9.21 Å². The highest BCUT2D eigenvalue weighted by Gasteiger charge is 2.55. The maximum absolute atomic E-state index is 13.3. The molecule has 0 aliphatic carbocycles. The summed E-state index contributed by atoms with van der Waals surface area (Å²) in [6.07, 6.45) is 0.219. The van der Waals surface area contributed by atoms with Crippen LogP contribution in [0.3, 0.4) is 0 Å². The Hall–Kier alpha value is -2.16. The molecule has 0 aromatic heterocycles. The Morgan fingerprint density at radius 3 is 2.29 bits per heavy atom. The van der Waals surface area contributed by atoms with Crippen LogP contribution in [0, 0.1) is 5.41 Å². The van der Waals surface area contributed by atoms with Crippen molar-refractivity contribution in [2.45, 2.75) is 50.6 Å². The first-order chi connectivity index (χ1) is 14.2. The van der Waals surface area contributed by atoms with Crippen molar-refractivity contribution in [2.75, 3.05) is 13.6 Å². The molecule has 1 N–H and O–H groups in total. The highest BCUT2D eigenvalue weighted by atomic mass is 35.5. The van der Waals surface area contributed by atoms with Crippen LogP contribution in [0.1, 0.15) is 34.1 Å². The fourth-order valence-electron chi connectivity index (χ4n) is 3.98. The molecule has 2 atom stereocenters. The summed E-state index contributed by atoms with van der Waals surface area (Å²) in [5, 5.41) is 12.0. The smallest absolute Gasteiger partial charge is 0.329 e. The molecule has 31 heavy (non-hydrogen) atoms. The Kier molecular flexibility index (Phi) is 5.88. The molecule has 2 aromatic rings. The van der Waals surface area contributed by atoms with Gasteiger partial charge in [-0.15, -0.1) is 0 Å². The van der Waals surface area contributed by atoms with Gasteiger partial charge in [-0.2, -0.15) is 4.31 Å². The Labute approximate surface area is 187 Å². The average Bonchev–Trinajstić information content (AvgIpc) is 3.06. The molecule has 0 radical (unpaired) electrons. The third kappa shape index (κ3) is 3.81. The van der Waals surface area contributed by atoms with E-state index in [2.05, 4.69) is 0 Å². The highest BCUT2D eigenvalue weighted by Crippen LogP contribution is 2.39.